The van der Waals surface area contributed by atoms with Crippen molar-refractivity contribution in [3.8, 4) is 0 Å². The Labute approximate surface area is 111 Å². The zero-order valence-corrected chi connectivity index (χ0v) is 10.9. The molecule has 1 aliphatic heterocycles. The standard InChI is InChI=1S/C14H16N4O/c1-11-8-12-4-2-3-5-13(12)18(11)14(19)6-7-17-10-15-9-16-17/h2-5,9-11H,6-8H2,1H3/t11-/m0/s1. The van der Waals surface area contributed by atoms with Crippen molar-refractivity contribution in [2.45, 2.75) is 32.4 Å². The average Bonchev–Trinajstić information content (AvgIpc) is 3.02. The Morgan fingerprint density at radius 3 is 3.05 bits per heavy atom. The third-order valence-electron chi connectivity index (χ3n) is 3.50. The first-order chi connectivity index (χ1) is 9.25. The monoisotopic (exact) mass is 256 g/mol. The molecule has 2 heterocycles. The summed E-state index contributed by atoms with van der Waals surface area (Å²) in [5, 5.41) is 4.01. The van der Waals surface area contributed by atoms with Crippen molar-refractivity contribution in [1.29, 1.82) is 0 Å². The van der Waals surface area contributed by atoms with Crippen molar-refractivity contribution in [3.63, 3.8) is 0 Å². The van der Waals surface area contributed by atoms with Crippen molar-refractivity contribution >= 4 is 11.6 Å². The molecule has 3 rings (SSSR count). The molecular formula is C14H16N4O. The second kappa shape index (κ2) is 4.84. The summed E-state index contributed by atoms with van der Waals surface area (Å²) >= 11 is 0. The Balaban J connectivity index is 1.73. The summed E-state index contributed by atoms with van der Waals surface area (Å²) in [4.78, 5) is 18.2. The maximum atomic E-state index is 12.4. The van der Waals surface area contributed by atoms with Crippen LogP contribution < -0.4 is 4.90 Å². The van der Waals surface area contributed by atoms with E-state index in [1.165, 1.54) is 11.9 Å². The molecule has 0 aliphatic carbocycles. The van der Waals surface area contributed by atoms with Crippen LogP contribution >= 0.6 is 0 Å². The van der Waals surface area contributed by atoms with E-state index in [9.17, 15) is 4.79 Å². The second-order valence-electron chi connectivity index (χ2n) is 4.85. The van der Waals surface area contributed by atoms with Gasteiger partial charge in [-0.2, -0.15) is 5.10 Å². The number of amides is 1. The molecule has 0 saturated heterocycles. The molecule has 1 aromatic carbocycles. The van der Waals surface area contributed by atoms with Crippen molar-refractivity contribution in [2.75, 3.05) is 4.90 Å². The molecule has 0 spiro atoms. The molecule has 0 bridgehead atoms. The van der Waals surface area contributed by atoms with Gasteiger partial charge in [0.1, 0.15) is 12.7 Å². The van der Waals surface area contributed by atoms with Gasteiger partial charge in [0.15, 0.2) is 0 Å². The molecule has 1 amide bonds. The lowest BCUT2D eigenvalue weighted by molar-refractivity contribution is -0.119. The Morgan fingerprint density at radius 1 is 1.42 bits per heavy atom. The van der Waals surface area contributed by atoms with Crippen LogP contribution in [-0.2, 0) is 17.8 Å². The maximum absolute atomic E-state index is 12.4. The number of para-hydroxylation sites is 1. The van der Waals surface area contributed by atoms with Crippen LogP contribution in [0.1, 0.15) is 18.9 Å². The van der Waals surface area contributed by atoms with Crippen molar-refractivity contribution < 1.29 is 4.79 Å². The van der Waals surface area contributed by atoms with E-state index in [2.05, 4.69) is 23.1 Å². The molecule has 0 radical (unpaired) electrons. The Bertz CT molecular complexity index is 579. The normalized spacial score (nSPS) is 17.5. The second-order valence-corrected chi connectivity index (χ2v) is 4.85. The molecule has 1 aliphatic rings. The third-order valence-corrected chi connectivity index (χ3v) is 3.50. The number of benzene rings is 1. The van der Waals surface area contributed by atoms with Gasteiger partial charge in [-0.1, -0.05) is 18.2 Å². The molecule has 2 aromatic rings. The number of fused-ring (bicyclic) bond motifs is 1. The Morgan fingerprint density at radius 2 is 2.26 bits per heavy atom. The molecule has 1 aromatic heterocycles. The SMILES string of the molecule is C[C@H]1Cc2ccccc2N1C(=O)CCn1cncn1. The molecule has 1 atom stereocenters. The lowest BCUT2D eigenvalue weighted by Gasteiger charge is -2.22. The van der Waals surface area contributed by atoms with Gasteiger partial charge >= 0.3 is 0 Å². The lowest BCUT2D eigenvalue weighted by atomic mass is 10.1. The predicted octanol–water partition coefficient (Wildman–Crippen LogP) is 1.65. The molecule has 0 N–H and O–H groups in total. The summed E-state index contributed by atoms with van der Waals surface area (Å²) in [5.41, 5.74) is 2.31. The first-order valence-corrected chi connectivity index (χ1v) is 6.48. The lowest BCUT2D eigenvalue weighted by Crippen LogP contribution is -2.36. The van der Waals surface area contributed by atoms with E-state index < -0.39 is 0 Å². The summed E-state index contributed by atoms with van der Waals surface area (Å²) < 4.78 is 1.69. The highest BCUT2D eigenvalue weighted by Gasteiger charge is 2.29. The van der Waals surface area contributed by atoms with E-state index in [0.717, 1.165) is 12.1 Å². The van der Waals surface area contributed by atoms with E-state index in [0.29, 0.717) is 13.0 Å². The van der Waals surface area contributed by atoms with Crippen LogP contribution in [0.2, 0.25) is 0 Å². The highest BCUT2D eigenvalue weighted by atomic mass is 16.2. The number of hydrogen-bond donors (Lipinski definition) is 0. The van der Waals surface area contributed by atoms with Gasteiger partial charge in [-0.3, -0.25) is 9.48 Å². The molecule has 98 valence electrons. The smallest absolute Gasteiger partial charge is 0.229 e. The van der Waals surface area contributed by atoms with Crippen LogP contribution in [0, 0.1) is 0 Å². The first kappa shape index (κ1) is 11.9. The predicted molar refractivity (Wildman–Crippen MR) is 71.7 cm³/mol. The number of nitrogens with zero attached hydrogens (tertiary/aromatic N) is 4. The number of carbonyl (C=O) groups is 1. The van der Waals surface area contributed by atoms with Gasteiger partial charge in [-0.05, 0) is 25.0 Å². The van der Waals surface area contributed by atoms with Crippen LogP contribution in [0.3, 0.4) is 0 Å². The topological polar surface area (TPSA) is 51.0 Å². The molecular weight excluding hydrogens is 240 g/mol. The fourth-order valence-corrected chi connectivity index (χ4v) is 2.62. The summed E-state index contributed by atoms with van der Waals surface area (Å²) in [5.74, 6) is 0.146. The number of rotatable bonds is 3. The molecule has 0 unspecified atom stereocenters. The van der Waals surface area contributed by atoms with Gasteiger partial charge in [-0.25, -0.2) is 4.98 Å². The van der Waals surface area contributed by atoms with Gasteiger partial charge in [0.05, 0.1) is 6.54 Å². The number of anilines is 1. The zero-order valence-electron chi connectivity index (χ0n) is 10.9. The van der Waals surface area contributed by atoms with Gasteiger partial charge in [0.25, 0.3) is 0 Å². The number of aryl methyl sites for hydroxylation is 1. The van der Waals surface area contributed by atoms with Gasteiger partial charge in [-0.15, -0.1) is 0 Å². The number of aromatic nitrogens is 3. The van der Waals surface area contributed by atoms with E-state index in [1.54, 1.807) is 11.0 Å². The average molecular weight is 256 g/mol. The van der Waals surface area contributed by atoms with Crippen LogP contribution in [0.25, 0.3) is 0 Å². The Hall–Kier alpha value is -2.17. The van der Waals surface area contributed by atoms with E-state index >= 15 is 0 Å². The van der Waals surface area contributed by atoms with Gasteiger partial charge in [0.2, 0.25) is 5.91 Å². The summed E-state index contributed by atoms with van der Waals surface area (Å²) in [6.45, 7) is 2.66. The van der Waals surface area contributed by atoms with Gasteiger partial charge < -0.3 is 4.90 Å². The summed E-state index contributed by atoms with van der Waals surface area (Å²) in [6.07, 6.45) is 4.50. The van der Waals surface area contributed by atoms with Crippen molar-refractivity contribution in [1.82, 2.24) is 14.8 Å². The minimum atomic E-state index is 0.146. The van der Waals surface area contributed by atoms with Crippen molar-refractivity contribution in [3.05, 3.63) is 42.5 Å². The molecule has 5 heteroatoms. The Kier molecular flexibility index (Phi) is 3.03. The summed E-state index contributed by atoms with van der Waals surface area (Å²) in [6, 6.07) is 8.35. The minimum Gasteiger partial charge on any atom is -0.309 e. The van der Waals surface area contributed by atoms with Crippen LogP contribution in [0.4, 0.5) is 5.69 Å². The summed E-state index contributed by atoms with van der Waals surface area (Å²) in [7, 11) is 0. The molecule has 0 fully saturated rings. The quantitative estimate of drug-likeness (QED) is 0.839. The van der Waals surface area contributed by atoms with Gasteiger partial charge in [0, 0.05) is 18.2 Å². The van der Waals surface area contributed by atoms with Crippen molar-refractivity contribution in [2.24, 2.45) is 0 Å². The molecule has 5 nitrogen and oxygen atoms in total. The number of carbonyl (C=O) groups excluding carboxylic acids is 1. The number of hydrogen-bond acceptors (Lipinski definition) is 3. The highest BCUT2D eigenvalue weighted by molar-refractivity contribution is 5.96. The van der Waals surface area contributed by atoms with Crippen LogP contribution in [0.5, 0.6) is 0 Å². The van der Waals surface area contributed by atoms with E-state index in [-0.39, 0.29) is 11.9 Å². The maximum Gasteiger partial charge on any atom is 0.229 e. The largest absolute Gasteiger partial charge is 0.309 e. The van der Waals surface area contributed by atoms with Crippen LogP contribution in [0.15, 0.2) is 36.9 Å². The van der Waals surface area contributed by atoms with Crippen LogP contribution in [-0.4, -0.2) is 26.7 Å². The fourth-order valence-electron chi connectivity index (χ4n) is 2.62. The van der Waals surface area contributed by atoms with E-state index in [1.807, 2.05) is 23.1 Å². The molecule has 19 heavy (non-hydrogen) atoms. The zero-order chi connectivity index (χ0) is 13.2. The third kappa shape index (κ3) is 2.23. The van der Waals surface area contributed by atoms with E-state index in [4.69, 9.17) is 0 Å². The fraction of sp³-hybridized carbons (Fsp3) is 0.357. The minimum absolute atomic E-state index is 0.146. The highest BCUT2D eigenvalue weighted by Crippen LogP contribution is 2.32. The molecule has 0 saturated carbocycles. The first-order valence-electron chi connectivity index (χ1n) is 6.48.